The van der Waals surface area contributed by atoms with Crippen molar-refractivity contribution < 1.29 is 18.3 Å². The molecular weight excluding hydrogens is 230 g/mol. The maximum atomic E-state index is 12.0. The summed E-state index contributed by atoms with van der Waals surface area (Å²) in [5.41, 5.74) is 0. The third-order valence-corrected chi connectivity index (χ3v) is 4.95. The predicted octanol–water partition coefficient (Wildman–Crippen LogP) is 0.279. The molecule has 0 aromatic heterocycles. The van der Waals surface area contributed by atoms with Crippen molar-refractivity contribution in [3.63, 3.8) is 0 Å². The van der Waals surface area contributed by atoms with Crippen LogP contribution in [0.2, 0.25) is 0 Å². The molecule has 1 N–H and O–H groups in total. The van der Waals surface area contributed by atoms with Gasteiger partial charge in [0.2, 0.25) is 10.0 Å². The van der Waals surface area contributed by atoms with E-state index in [9.17, 15) is 13.2 Å². The highest BCUT2D eigenvalue weighted by Gasteiger charge is 2.34. The van der Waals surface area contributed by atoms with E-state index in [1.165, 1.54) is 0 Å². The first kappa shape index (κ1) is 13.0. The topological polar surface area (TPSA) is 74.7 Å². The van der Waals surface area contributed by atoms with Gasteiger partial charge in [0.05, 0.1) is 11.8 Å². The van der Waals surface area contributed by atoms with Gasteiger partial charge in [0.25, 0.3) is 0 Å². The Morgan fingerprint density at radius 1 is 1.44 bits per heavy atom. The lowest BCUT2D eigenvalue weighted by molar-refractivity contribution is -0.137. The van der Waals surface area contributed by atoms with Crippen LogP contribution in [-0.4, -0.2) is 42.1 Å². The molecule has 90 valence electrons. The quantitative estimate of drug-likeness (QED) is 0.706. The zero-order valence-corrected chi connectivity index (χ0v) is 9.74. The molecule has 1 aliphatic rings. The number of hydrogen-bond acceptors (Lipinski definition) is 3. The fraction of sp³-hybridized carbons (Fsp3) is 0.700. The van der Waals surface area contributed by atoms with Gasteiger partial charge in [0, 0.05) is 0 Å². The molecule has 6 heteroatoms. The first-order chi connectivity index (χ1) is 7.48. The number of terminal acetylenes is 1. The van der Waals surface area contributed by atoms with Crippen molar-refractivity contribution in [3.05, 3.63) is 0 Å². The molecule has 0 saturated heterocycles. The fourth-order valence-electron chi connectivity index (χ4n) is 1.89. The molecule has 1 fully saturated rings. The largest absolute Gasteiger partial charge is 0.480 e. The lowest BCUT2D eigenvalue weighted by atomic mass is 10.4. The molecular formula is C10H15NO4S. The van der Waals surface area contributed by atoms with E-state index < -0.39 is 27.8 Å². The van der Waals surface area contributed by atoms with Gasteiger partial charge in [-0.3, -0.25) is 4.79 Å². The molecule has 0 unspecified atom stereocenters. The molecule has 0 atom stereocenters. The van der Waals surface area contributed by atoms with Crippen molar-refractivity contribution in [2.75, 3.05) is 13.1 Å². The van der Waals surface area contributed by atoms with E-state index in [0.717, 1.165) is 17.1 Å². The molecule has 0 aliphatic heterocycles. The molecule has 16 heavy (non-hydrogen) atoms. The first-order valence-electron chi connectivity index (χ1n) is 5.12. The number of sulfonamides is 1. The van der Waals surface area contributed by atoms with Crippen molar-refractivity contribution in [2.45, 2.75) is 30.9 Å². The summed E-state index contributed by atoms with van der Waals surface area (Å²) in [5.74, 6) is 1.00. The van der Waals surface area contributed by atoms with E-state index in [4.69, 9.17) is 11.5 Å². The SMILES string of the molecule is C#CCN(CC(=O)O)S(=O)(=O)C1CCCC1. The summed E-state index contributed by atoms with van der Waals surface area (Å²) < 4.78 is 24.9. The standard InChI is InChI=1S/C10H15NO4S/c1-2-7-11(8-10(12)13)16(14,15)9-5-3-4-6-9/h1,9H,3-8H2,(H,12,13). The van der Waals surface area contributed by atoms with Gasteiger partial charge in [-0.15, -0.1) is 6.42 Å². The minimum Gasteiger partial charge on any atom is -0.480 e. The average Bonchev–Trinajstić information content (AvgIpc) is 2.69. The number of rotatable bonds is 5. The number of aliphatic carboxylic acids is 1. The molecule has 1 rings (SSSR count). The Kier molecular flexibility index (Phi) is 4.33. The van der Waals surface area contributed by atoms with Gasteiger partial charge < -0.3 is 5.11 Å². The van der Waals surface area contributed by atoms with Crippen LogP contribution in [0, 0.1) is 12.3 Å². The molecule has 0 aromatic rings. The van der Waals surface area contributed by atoms with Crippen molar-refractivity contribution in [2.24, 2.45) is 0 Å². The van der Waals surface area contributed by atoms with E-state index in [0.29, 0.717) is 12.8 Å². The summed E-state index contributed by atoms with van der Waals surface area (Å²) in [4.78, 5) is 10.6. The van der Waals surface area contributed by atoms with Crippen molar-refractivity contribution in [1.82, 2.24) is 4.31 Å². The van der Waals surface area contributed by atoms with Gasteiger partial charge in [0.15, 0.2) is 0 Å². The Morgan fingerprint density at radius 2 is 2.00 bits per heavy atom. The number of nitrogens with zero attached hydrogens (tertiary/aromatic N) is 1. The zero-order chi connectivity index (χ0) is 12.2. The van der Waals surface area contributed by atoms with Gasteiger partial charge in [0.1, 0.15) is 6.54 Å². The van der Waals surface area contributed by atoms with Crippen molar-refractivity contribution >= 4 is 16.0 Å². The van der Waals surface area contributed by atoms with E-state index in [2.05, 4.69) is 5.92 Å². The van der Waals surface area contributed by atoms with E-state index >= 15 is 0 Å². The zero-order valence-electron chi connectivity index (χ0n) is 8.92. The van der Waals surface area contributed by atoms with Crippen LogP contribution in [0.25, 0.3) is 0 Å². The highest BCUT2D eigenvalue weighted by Crippen LogP contribution is 2.26. The van der Waals surface area contributed by atoms with Crippen LogP contribution in [-0.2, 0) is 14.8 Å². The lowest BCUT2D eigenvalue weighted by Gasteiger charge is -2.21. The number of carboxylic acid groups (broad SMARTS) is 1. The Balaban J connectivity index is 2.83. The van der Waals surface area contributed by atoms with Crippen LogP contribution in [0.15, 0.2) is 0 Å². The molecule has 0 heterocycles. The molecule has 1 saturated carbocycles. The summed E-state index contributed by atoms with van der Waals surface area (Å²) in [6.07, 6.45) is 8.00. The van der Waals surface area contributed by atoms with Crippen LogP contribution in [0.5, 0.6) is 0 Å². The van der Waals surface area contributed by atoms with Crippen LogP contribution >= 0.6 is 0 Å². The second kappa shape index (κ2) is 5.32. The van der Waals surface area contributed by atoms with Gasteiger partial charge in [-0.25, -0.2) is 8.42 Å². The van der Waals surface area contributed by atoms with Crippen LogP contribution in [0.3, 0.4) is 0 Å². The third kappa shape index (κ3) is 2.97. The fourth-order valence-corrected chi connectivity index (χ4v) is 3.78. The Hall–Kier alpha value is -1.06. The summed E-state index contributed by atoms with van der Waals surface area (Å²) in [6.45, 7) is -0.728. The molecule has 0 amide bonds. The van der Waals surface area contributed by atoms with Gasteiger partial charge in [-0.1, -0.05) is 18.8 Å². The van der Waals surface area contributed by atoms with E-state index in [1.807, 2.05) is 0 Å². The smallest absolute Gasteiger partial charge is 0.318 e. The Labute approximate surface area is 95.5 Å². The minimum atomic E-state index is -3.55. The number of carbonyl (C=O) groups is 1. The minimum absolute atomic E-state index is 0.175. The van der Waals surface area contributed by atoms with Crippen molar-refractivity contribution in [1.29, 1.82) is 0 Å². The summed E-state index contributed by atoms with van der Waals surface area (Å²) in [6, 6.07) is 0. The molecule has 0 bridgehead atoms. The van der Waals surface area contributed by atoms with Crippen LogP contribution in [0.1, 0.15) is 25.7 Å². The first-order valence-corrected chi connectivity index (χ1v) is 6.63. The normalized spacial score (nSPS) is 17.5. The van der Waals surface area contributed by atoms with Gasteiger partial charge >= 0.3 is 5.97 Å². The van der Waals surface area contributed by atoms with Gasteiger partial charge in [-0.2, -0.15) is 4.31 Å². The molecule has 1 aliphatic carbocycles. The molecule has 0 aromatic carbocycles. The highest BCUT2D eigenvalue weighted by molar-refractivity contribution is 7.89. The Bertz CT molecular complexity index is 390. The highest BCUT2D eigenvalue weighted by atomic mass is 32.2. The van der Waals surface area contributed by atoms with Crippen LogP contribution < -0.4 is 0 Å². The maximum Gasteiger partial charge on any atom is 0.318 e. The Morgan fingerprint density at radius 3 is 2.44 bits per heavy atom. The number of hydrogen-bond donors (Lipinski definition) is 1. The second-order valence-electron chi connectivity index (χ2n) is 3.82. The average molecular weight is 245 g/mol. The number of carboxylic acids is 1. The summed E-state index contributed by atoms with van der Waals surface area (Å²) in [5, 5.41) is 8.18. The summed E-state index contributed by atoms with van der Waals surface area (Å²) in [7, 11) is -3.55. The van der Waals surface area contributed by atoms with E-state index in [-0.39, 0.29) is 6.54 Å². The molecule has 0 radical (unpaired) electrons. The second-order valence-corrected chi connectivity index (χ2v) is 6.03. The van der Waals surface area contributed by atoms with Crippen LogP contribution in [0.4, 0.5) is 0 Å². The maximum absolute atomic E-state index is 12.0. The lowest BCUT2D eigenvalue weighted by Crippen LogP contribution is -2.41. The third-order valence-electron chi connectivity index (χ3n) is 2.66. The molecule has 0 spiro atoms. The summed E-state index contributed by atoms with van der Waals surface area (Å²) >= 11 is 0. The molecule has 5 nitrogen and oxygen atoms in total. The monoisotopic (exact) mass is 245 g/mol. The predicted molar refractivity (Wildman–Crippen MR) is 59.2 cm³/mol. The van der Waals surface area contributed by atoms with Crippen molar-refractivity contribution in [3.8, 4) is 12.3 Å². The van der Waals surface area contributed by atoms with E-state index in [1.54, 1.807) is 0 Å². The van der Waals surface area contributed by atoms with Gasteiger partial charge in [-0.05, 0) is 12.8 Å².